The monoisotopic (exact) mass is 413 g/mol. The van der Waals surface area contributed by atoms with E-state index in [1.165, 1.54) is 16.0 Å². The van der Waals surface area contributed by atoms with E-state index in [1.54, 1.807) is 11.3 Å². The molecule has 7 heteroatoms. The summed E-state index contributed by atoms with van der Waals surface area (Å²) in [5.41, 5.74) is 2.66. The molecule has 4 nitrogen and oxygen atoms in total. The van der Waals surface area contributed by atoms with E-state index in [-0.39, 0.29) is 12.3 Å². The second kappa shape index (κ2) is 8.17. The van der Waals surface area contributed by atoms with Crippen molar-refractivity contribution in [1.29, 1.82) is 0 Å². The van der Waals surface area contributed by atoms with Crippen molar-refractivity contribution in [3.8, 4) is 10.6 Å². The molecule has 2 heterocycles. The summed E-state index contributed by atoms with van der Waals surface area (Å²) in [7, 11) is 0. The van der Waals surface area contributed by atoms with E-state index in [0.29, 0.717) is 11.6 Å². The fourth-order valence-electron chi connectivity index (χ4n) is 2.71. The second-order valence-electron chi connectivity index (χ2n) is 5.98. The number of thiazole rings is 2. The Morgan fingerprint density at radius 1 is 1.07 bits per heavy atom. The molecule has 27 heavy (non-hydrogen) atoms. The van der Waals surface area contributed by atoms with E-state index in [9.17, 15) is 4.79 Å². The Kier molecular flexibility index (Phi) is 5.48. The number of hydrogen-bond donors (Lipinski definition) is 1. The van der Waals surface area contributed by atoms with E-state index >= 15 is 0 Å². The van der Waals surface area contributed by atoms with E-state index < -0.39 is 0 Å². The lowest BCUT2D eigenvalue weighted by atomic mass is 10.2. The highest BCUT2D eigenvalue weighted by molar-refractivity contribution is 7.18. The van der Waals surface area contributed by atoms with E-state index in [0.717, 1.165) is 33.2 Å². The van der Waals surface area contributed by atoms with Crippen molar-refractivity contribution in [2.45, 2.75) is 12.8 Å². The average Bonchev–Trinajstić information content (AvgIpc) is 3.28. The number of fused-ring (bicyclic) bond motifs is 1. The van der Waals surface area contributed by atoms with Gasteiger partial charge in [0.2, 0.25) is 5.91 Å². The van der Waals surface area contributed by atoms with Crippen molar-refractivity contribution in [2.24, 2.45) is 0 Å². The maximum absolute atomic E-state index is 12.2. The van der Waals surface area contributed by atoms with Gasteiger partial charge in [0.1, 0.15) is 5.01 Å². The molecule has 0 bridgehead atoms. The Labute approximate surface area is 169 Å². The molecule has 0 aliphatic carbocycles. The van der Waals surface area contributed by atoms with E-state index in [4.69, 9.17) is 11.6 Å². The van der Waals surface area contributed by atoms with Crippen molar-refractivity contribution in [3.63, 3.8) is 0 Å². The Hall–Kier alpha value is -2.28. The third-order valence-electron chi connectivity index (χ3n) is 4.00. The van der Waals surface area contributed by atoms with Gasteiger partial charge < -0.3 is 5.32 Å². The molecule has 0 aliphatic rings. The fraction of sp³-hybridized carbons (Fsp3) is 0.150. The summed E-state index contributed by atoms with van der Waals surface area (Å²) in [5, 5.41) is 7.39. The highest BCUT2D eigenvalue weighted by atomic mass is 35.5. The molecule has 0 fully saturated rings. The van der Waals surface area contributed by atoms with Gasteiger partial charge in [-0.3, -0.25) is 4.79 Å². The molecule has 0 saturated heterocycles. The first-order valence-corrected chi connectivity index (χ1v) is 10.6. The van der Waals surface area contributed by atoms with Crippen LogP contribution in [0.2, 0.25) is 5.02 Å². The number of aromatic nitrogens is 2. The topological polar surface area (TPSA) is 54.9 Å². The number of halogens is 1. The highest BCUT2D eigenvalue weighted by Crippen LogP contribution is 2.30. The van der Waals surface area contributed by atoms with Gasteiger partial charge >= 0.3 is 0 Å². The minimum absolute atomic E-state index is 0.0351. The van der Waals surface area contributed by atoms with Gasteiger partial charge in [0, 0.05) is 23.9 Å². The largest absolute Gasteiger partial charge is 0.355 e. The minimum Gasteiger partial charge on any atom is -0.355 e. The number of benzene rings is 2. The summed E-state index contributed by atoms with van der Waals surface area (Å²) in [4.78, 5) is 21.3. The molecule has 0 radical (unpaired) electrons. The van der Waals surface area contributed by atoms with Gasteiger partial charge in [0.15, 0.2) is 0 Å². The smallest absolute Gasteiger partial charge is 0.226 e. The van der Waals surface area contributed by atoms with Gasteiger partial charge in [-0.2, -0.15) is 0 Å². The van der Waals surface area contributed by atoms with Gasteiger partial charge in [-0.1, -0.05) is 41.9 Å². The molecule has 0 unspecified atom stereocenters. The Balaban J connectivity index is 1.31. The van der Waals surface area contributed by atoms with Crippen LogP contribution in [0, 0.1) is 0 Å². The lowest BCUT2D eigenvalue weighted by molar-refractivity contribution is -0.120. The zero-order chi connectivity index (χ0) is 18.6. The minimum atomic E-state index is -0.0351. The average molecular weight is 414 g/mol. The van der Waals surface area contributed by atoms with Gasteiger partial charge in [0.25, 0.3) is 0 Å². The molecular formula is C20H16ClN3OS2. The molecule has 4 rings (SSSR count). The van der Waals surface area contributed by atoms with Gasteiger partial charge in [-0.05, 0) is 18.2 Å². The molecule has 136 valence electrons. The normalized spacial score (nSPS) is 11.0. The Morgan fingerprint density at radius 3 is 2.74 bits per heavy atom. The quantitative estimate of drug-likeness (QED) is 0.485. The summed E-state index contributed by atoms with van der Waals surface area (Å²) in [6.07, 6.45) is 0.994. The predicted octanol–water partition coefficient (Wildman–Crippen LogP) is 4.97. The molecule has 1 amide bonds. The van der Waals surface area contributed by atoms with Crippen LogP contribution < -0.4 is 5.32 Å². The zero-order valence-corrected chi connectivity index (χ0v) is 16.7. The SMILES string of the molecule is O=C(Cc1csc(-c2ccccc2Cl)n1)NCCc1nc2ccccc2s1. The maximum atomic E-state index is 12.2. The van der Waals surface area contributed by atoms with Crippen LogP contribution in [0.4, 0.5) is 0 Å². The van der Waals surface area contributed by atoms with Crippen molar-refractivity contribution in [1.82, 2.24) is 15.3 Å². The first kappa shape index (κ1) is 18.1. The molecule has 0 atom stereocenters. The molecule has 4 aromatic rings. The molecule has 0 saturated carbocycles. The molecule has 2 aromatic heterocycles. The number of para-hydroxylation sites is 1. The number of amides is 1. The van der Waals surface area contributed by atoms with Crippen molar-refractivity contribution in [2.75, 3.05) is 6.54 Å². The number of hydrogen-bond acceptors (Lipinski definition) is 5. The molecule has 0 aliphatic heterocycles. The van der Waals surface area contributed by atoms with E-state index in [2.05, 4.69) is 21.4 Å². The zero-order valence-electron chi connectivity index (χ0n) is 14.3. The second-order valence-corrected chi connectivity index (χ2v) is 8.36. The predicted molar refractivity (Wildman–Crippen MR) is 113 cm³/mol. The van der Waals surface area contributed by atoms with E-state index in [1.807, 2.05) is 47.8 Å². The summed E-state index contributed by atoms with van der Waals surface area (Å²) >= 11 is 9.38. The lowest BCUT2D eigenvalue weighted by Crippen LogP contribution is -2.27. The van der Waals surface area contributed by atoms with Gasteiger partial charge in [0.05, 0.1) is 32.4 Å². The molecule has 0 spiro atoms. The number of carbonyl (C=O) groups is 1. The van der Waals surface area contributed by atoms with Crippen LogP contribution in [0.15, 0.2) is 53.9 Å². The van der Waals surface area contributed by atoms with Crippen LogP contribution in [-0.2, 0) is 17.6 Å². The third-order valence-corrected chi connectivity index (χ3v) is 6.35. The summed E-state index contributed by atoms with van der Waals surface area (Å²) in [6, 6.07) is 15.7. The Morgan fingerprint density at radius 2 is 1.89 bits per heavy atom. The fourth-order valence-corrected chi connectivity index (χ4v) is 4.82. The molecule has 2 aromatic carbocycles. The first-order valence-electron chi connectivity index (χ1n) is 8.49. The number of nitrogens with one attached hydrogen (secondary N) is 1. The van der Waals surface area contributed by atoms with Crippen LogP contribution in [0.25, 0.3) is 20.8 Å². The van der Waals surface area contributed by atoms with Crippen molar-refractivity contribution >= 4 is 50.4 Å². The van der Waals surface area contributed by atoms with Crippen molar-refractivity contribution in [3.05, 3.63) is 69.6 Å². The Bertz CT molecular complexity index is 1060. The standard InChI is InChI=1S/C20H16ClN3OS2/c21-15-6-2-1-5-14(15)20-23-13(12-26-20)11-18(25)22-10-9-19-24-16-7-3-4-8-17(16)27-19/h1-8,12H,9-11H2,(H,22,25). The summed E-state index contributed by atoms with van der Waals surface area (Å²) in [6.45, 7) is 0.570. The van der Waals surface area contributed by atoms with Crippen LogP contribution in [-0.4, -0.2) is 22.4 Å². The van der Waals surface area contributed by atoms with Gasteiger partial charge in [-0.15, -0.1) is 22.7 Å². The van der Waals surface area contributed by atoms with Crippen LogP contribution in [0.3, 0.4) is 0 Å². The third kappa shape index (κ3) is 4.35. The van der Waals surface area contributed by atoms with Crippen molar-refractivity contribution < 1.29 is 4.79 Å². The van der Waals surface area contributed by atoms with Crippen LogP contribution >= 0.6 is 34.3 Å². The van der Waals surface area contributed by atoms with Crippen LogP contribution in [0.1, 0.15) is 10.7 Å². The number of rotatable bonds is 6. The first-order chi connectivity index (χ1) is 13.2. The van der Waals surface area contributed by atoms with Gasteiger partial charge in [-0.25, -0.2) is 9.97 Å². The summed E-state index contributed by atoms with van der Waals surface area (Å²) < 4.78 is 1.17. The number of nitrogens with zero attached hydrogens (tertiary/aromatic N) is 2. The molecule has 1 N–H and O–H groups in total. The highest BCUT2D eigenvalue weighted by Gasteiger charge is 2.11. The summed E-state index contributed by atoms with van der Waals surface area (Å²) in [5.74, 6) is -0.0351. The lowest BCUT2D eigenvalue weighted by Gasteiger charge is -2.02. The van der Waals surface area contributed by atoms with Crippen LogP contribution in [0.5, 0.6) is 0 Å². The maximum Gasteiger partial charge on any atom is 0.226 e. The number of carbonyl (C=O) groups excluding carboxylic acids is 1. The molecular weight excluding hydrogens is 398 g/mol.